The molecule has 4 amide bonds. The largest absolute Gasteiger partial charge is 0.493 e. The van der Waals surface area contributed by atoms with Crippen LogP contribution in [0, 0.1) is 6.92 Å². The van der Waals surface area contributed by atoms with Crippen LogP contribution < -0.4 is 19.3 Å². The van der Waals surface area contributed by atoms with Crippen LogP contribution in [-0.2, 0) is 9.59 Å². The molecule has 1 aliphatic rings. The van der Waals surface area contributed by atoms with Crippen LogP contribution >= 0.6 is 0 Å². The second-order valence-corrected chi connectivity index (χ2v) is 7.36. The van der Waals surface area contributed by atoms with Crippen LogP contribution in [0.3, 0.4) is 0 Å². The smallest absolute Gasteiger partial charge is 0.343 e. The maximum atomic E-state index is 13.5. The van der Waals surface area contributed by atoms with Crippen molar-refractivity contribution in [3.05, 3.63) is 89.5 Å². The summed E-state index contributed by atoms with van der Waals surface area (Å²) in [6, 6.07) is 19.8. The van der Waals surface area contributed by atoms with Gasteiger partial charge in [-0.2, -0.15) is 0 Å². The maximum absolute atomic E-state index is 13.5. The number of amides is 4. The number of urea groups is 1. The number of barbiturate groups is 1. The van der Waals surface area contributed by atoms with E-state index in [0.717, 1.165) is 15.4 Å². The molecule has 0 aromatic heterocycles. The van der Waals surface area contributed by atoms with Gasteiger partial charge in [-0.15, -0.1) is 0 Å². The summed E-state index contributed by atoms with van der Waals surface area (Å²) in [4.78, 5) is 42.3. The minimum Gasteiger partial charge on any atom is -0.493 e. The quantitative estimate of drug-likeness (QED) is 0.427. The van der Waals surface area contributed by atoms with Crippen LogP contribution in [0.15, 0.2) is 78.4 Å². The Morgan fingerprint density at radius 3 is 1.61 bits per heavy atom. The number of benzene rings is 3. The van der Waals surface area contributed by atoms with Crippen molar-refractivity contribution < 1.29 is 23.9 Å². The molecule has 3 aromatic carbocycles. The van der Waals surface area contributed by atoms with Crippen molar-refractivity contribution in [2.75, 3.05) is 24.0 Å². The molecule has 0 radical (unpaired) electrons. The Kier molecular flexibility index (Phi) is 5.95. The minimum atomic E-state index is -0.733. The molecule has 0 saturated carbocycles. The molecule has 1 heterocycles. The lowest BCUT2D eigenvalue weighted by Crippen LogP contribution is -2.57. The highest BCUT2D eigenvalue weighted by Gasteiger charge is 2.43. The highest BCUT2D eigenvalue weighted by Crippen LogP contribution is 2.33. The zero-order valence-corrected chi connectivity index (χ0v) is 18.4. The van der Waals surface area contributed by atoms with Gasteiger partial charge in [0.05, 0.1) is 25.6 Å². The van der Waals surface area contributed by atoms with Crippen molar-refractivity contribution in [3.63, 3.8) is 0 Å². The number of hydrogen-bond donors (Lipinski definition) is 0. The lowest BCUT2D eigenvalue weighted by molar-refractivity contribution is -0.121. The third-order valence-corrected chi connectivity index (χ3v) is 5.35. The highest BCUT2D eigenvalue weighted by atomic mass is 16.5. The Hall–Kier alpha value is -4.39. The molecule has 0 atom stereocenters. The predicted molar refractivity (Wildman–Crippen MR) is 126 cm³/mol. The van der Waals surface area contributed by atoms with Crippen molar-refractivity contribution in [3.8, 4) is 11.5 Å². The molecule has 1 fully saturated rings. The van der Waals surface area contributed by atoms with Crippen molar-refractivity contribution >= 4 is 35.3 Å². The number of carbonyl (C=O) groups is 3. The molecule has 4 rings (SSSR count). The topological polar surface area (TPSA) is 76.2 Å². The first-order valence-electron chi connectivity index (χ1n) is 10.2. The third kappa shape index (κ3) is 3.96. The van der Waals surface area contributed by atoms with Gasteiger partial charge in [-0.1, -0.05) is 36.4 Å². The van der Waals surface area contributed by atoms with Crippen LogP contribution in [0.1, 0.15) is 11.1 Å². The van der Waals surface area contributed by atoms with Gasteiger partial charge in [0.2, 0.25) is 0 Å². The zero-order valence-electron chi connectivity index (χ0n) is 18.4. The number of hydrogen-bond acceptors (Lipinski definition) is 5. The lowest BCUT2D eigenvalue weighted by atomic mass is 10.0. The molecule has 0 unspecified atom stereocenters. The first-order valence-corrected chi connectivity index (χ1v) is 10.2. The Bertz CT molecular complexity index is 1190. The maximum Gasteiger partial charge on any atom is 0.343 e. The molecule has 0 spiro atoms. The first-order chi connectivity index (χ1) is 16.0. The van der Waals surface area contributed by atoms with Gasteiger partial charge in [-0.3, -0.25) is 9.59 Å². The molecule has 3 aromatic rings. The second kappa shape index (κ2) is 9.00. The number of carbonyl (C=O) groups excluding carboxylic acids is 3. The second-order valence-electron chi connectivity index (χ2n) is 7.36. The van der Waals surface area contributed by atoms with Crippen LogP contribution in [0.4, 0.5) is 16.2 Å². The average molecular weight is 442 g/mol. The molecule has 7 nitrogen and oxygen atoms in total. The first kappa shape index (κ1) is 21.8. The van der Waals surface area contributed by atoms with E-state index in [1.807, 2.05) is 6.92 Å². The molecule has 1 saturated heterocycles. The number of rotatable bonds is 5. The number of anilines is 2. The summed E-state index contributed by atoms with van der Waals surface area (Å²) in [5.74, 6) is -0.401. The summed E-state index contributed by atoms with van der Waals surface area (Å²) < 4.78 is 10.7. The predicted octanol–water partition coefficient (Wildman–Crippen LogP) is 4.60. The van der Waals surface area contributed by atoms with Crippen LogP contribution in [0.5, 0.6) is 11.5 Å². The molecular weight excluding hydrogens is 420 g/mol. The van der Waals surface area contributed by atoms with E-state index >= 15 is 0 Å². The molecule has 166 valence electrons. The van der Waals surface area contributed by atoms with Gasteiger partial charge in [0.25, 0.3) is 11.8 Å². The van der Waals surface area contributed by atoms with Crippen molar-refractivity contribution in [1.29, 1.82) is 0 Å². The monoisotopic (exact) mass is 442 g/mol. The molecule has 0 N–H and O–H groups in total. The van der Waals surface area contributed by atoms with Gasteiger partial charge in [0.1, 0.15) is 5.57 Å². The Morgan fingerprint density at radius 2 is 1.15 bits per heavy atom. The Balaban J connectivity index is 1.89. The van der Waals surface area contributed by atoms with Crippen LogP contribution in [0.2, 0.25) is 0 Å². The number of ether oxygens (including phenoxy) is 2. The van der Waals surface area contributed by atoms with Gasteiger partial charge in [0.15, 0.2) is 11.5 Å². The fourth-order valence-corrected chi connectivity index (χ4v) is 3.65. The van der Waals surface area contributed by atoms with Crippen molar-refractivity contribution in [2.24, 2.45) is 0 Å². The Labute approximate surface area is 191 Å². The van der Waals surface area contributed by atoms with Crippen LogP contribution in [-0.4, -0.2) is 32.1 Å². The number of aryl methyl sites for hydroxylation is 1. The molecule has 0 bridgehead atoms. The number of methoxy groups -OCH3 is 2. The fourth-order valence-electron chi connectivity index (χ4n) is 3.65. The van der Waals surface area contributed by atoms with Gasteiger partial charge in [0, 0.05) is 0 Å². The molecule has 7 heteroatoms. The van der Waals surface area contributed by atoms with E-state index in [-0.39, 0.29) is 5.57 Å². The number of nitrogens with zero attached hydrogens (tertiary/aromatic N) is 2. The van der Waals surface area contributed by atoms with E-state index < -0.39 is 17.8 Å². The number of para-hydroxylation sites is 2. The van der Waals surface area contributed by atoms with E-state index in [1.54, 1.807) is 72.8 Å². The molecular formula is C26H22N2O5. The summed E-state index contributed by atoms with van der Waals surface area (Å²) in [6.45, 7) is 1.83. The summed E-state index contributed by atoms with van der Waals surface area (Å²) >= 11 is 0. The normalized spacial score (nSPS) is 13.9. The van der Waals surface area contributed by atoms with E-state index in [2.05, 4.69) is 0 Å². The van der Waals surface area contributed by atoms with Crippen LogP contribution in [0.25, 0.3) is 6.08 Å². The number of imide groups is 2. The zero-order chi connectivity index (χ0) is 23.5. The average Bonchev–Trinajstić information content (AvgIpc) is 2.83. The van der Waals surface area contributed by atoms with Crippen molar-refractivity contribution in [1.82, 2.24) is 0 Å². The summed E-state index contributed by atoms with van der Waals surface area (Å²) in [7, 11) is 3.04. The third-order valence-electron chi connectivity index (χ3n) is 5.35. The Morgan fingerprint density at radius 1 is 0.697 bits per heavy atom. The van der Waals surface area contributed by atoms with E-state index in [0.29, 0.717) is 28.4 Å². The van der Waals surface area contributed by atoms with Gasteiger partial charge >= 0.3 is 6.03 Å². The van der Waals surface area contributed by atoms with Gasteiger partial charge in [-0.05, 0) is 60.5 Å². The molecule has 1 aliphatic heterocycles. The fraction of sp³-hybridized carbons (Fsp3) is 0.115. The minimum absolute atomic E-state index is 0.141. The van der Waals surface area contributed by atoms with E-state index in [4.69, 9.17) is 9.47 Å². The standard InChI is InChI=1S/C26H22N2O5/c1-17-14-22(32-2)23(33-3)16-18(17)15-21-24(29)27(19-10-6-4-7-11-19)26(31)28(25(21)30)20-12-8-5-9-13-20/h4-16H,1-3H3. The molecule has 33 heavy (non-hydrogen) atoms. The van der Waals surface area contributed by atoms with Gasteiger partial charge < -0.3 is 9.47 Å². The molecule has 0 aliphatic carbocycles. The summed E-state index contributed by atoms with van der Waals surface area (Å²) in [6.07, 6.45) is 1.49. The van der Waals surface area contributed by atoms with E-state index in [9.17, 15) is 14.4 Å². The van der Waals surface area contributed by atoms with Gasteiger partial charge in [-0.25, -0.2) is 14.6 Å². The van der Waals surface area contributed by atoms with E-state index in [1.165, 1.54) is 20.3 Å². The SMILES string of the molecule is COc1cc(C)c(C=C2C(=O)N(c3ccccc3)C(=O)N(c3ccccc3)C2=O)cc1OC. The van der Waals surface area contributed by atoms with Crippen molar-refractivity contribution in [2.45, 2.75) is 6.92 Å². The lowest BCUT2D eigenvalue weighted by Gasteiger charge is -2.34. The highest BCUT2D eigenvalue weighted by molar-refractivity contribution is 6.46. The summed E-state index contributed by atoms with van der Waals surface area (Å²) in [5, 5.41) is 0. The summed E-state index contributed by atoms with van der Waals surface area (Å²) in [5.41, 5.74) is 1.97.